The third-order valence-electron chi connectivity index (χ3n) is 8.28. The Kier molecular flexibility index (Phi) is 26.5. The van der Waals surface area contributed by atoms with Gasteiger partial charge < -0.3 is 33.5 Å². The van der Waals surface area contributed by atoms with Gasteiger partial charge in [0.05, 0.1) is 62.5 Å². The molecule has 66 heavy (non-hydrogen) atoms. The van der Waals surface area contributed by atoms with E-state index in [2.05, 4.69) is 50.3 Å². The first-order valence-corrected chi connectivity index (χ1v) is 28.8. The molecule has 2 unspecified atom stereocenters. The Balaban J connectivity index is 0.000000348. The van der Waals surface area contributed by atoms with Crippen molar-refractivity contribution in [3.63, 3.8) is 0 Å². The van der Waals surface area contributed by atoms with E-state index in [1.807, 2.05) is 24.3 Å². The molecule has 1 saturated heterocycles. The van der Waals surface area contributed by atoms with Crippen LogP contribution < -0.4 is 20.3 Å². The van der Waals surface area contributed by atoms with Crippen molar-refractivity contribution in [1.82, 2.24) is 9.97 Å². The van der Waals surface area contributed by atoms with Crippen LogP contribution in [0.15, 0.2) is 72.8 Å². The van der Waals surface area contributed by atoms with Gasteiger partial charge >= 0.3 is 0 Å². The zero-order valence-electron chi connectivity index (χ0n) is 37.2. The highest BCUT2D eigenvalue weighted by Gasteiger charge is 2.22. The Morgan fingerprint density at radius 3 is 1.47 bits per heavy atom. The largest absolute Gasteiger partial charge is 0.494 e. The van der Waals surface area contributed by atoms with Crippen molar-refractivity contribution in [1.29, 1.82) is 0 Å². The lowest BCUT2D eigenvalue weighted by Crippen LogP contribution is -2.14. The van der Waals surface area contributed by atoms with E-state index in [4.69, 9.17) is 43.9 Å². The van der Waals surface area contributed by atoms with Crippen LogP contribution in [0.25, 0.3) is 0 Å². The lowest BCUT2D eigenvalue weighted by Gasteiger charge is -2.13. The van der Waals surface area contributed by atoms with Gasteiger partial charge in [-0.2, -0.15) is 16.8 Å². The van der Waals surface area contributed by atoms with Gasteiger partial charge in [-0.3, -0.25) is 18.2 Å². The Labute approximate surface area is 402 Å². The monoisotopic (exact) mass is 1110 g/mol. The van der Waals surface area contributed by atoms with Crippen molar-refractivity contribution in [3.8, 4) is 35.7 Å². The van der Waals surface area contributed by atoms with E-state index in [0.717, 1.165) is 16.8 Å². The number of benzene rings is 2. The van der Waals surface area contributed by atoms with E-state index in [1.54, 1.807) is 62.4 Å². The SMILES string of the molecule is C#Cc1cc(CO)nc(P(C)(=O)OCC)c1.C1CCOC1.CCOP(C)(=O)c1cc(C#Cc2ccc(OCCCS(=O)(=O)O)cc2)cc(CO)n1.O=S(=O)(O)CCCOc1ccc(I)cc1. The molecular weight excluding hydrogens is 1050 g/mol. The van der Waals surface area contributed by atoms with E-state index in [1.165, 1.54) is 26.2 Å². The molecule has 3 heterocycles. The standard InChI is InChI=1S/C20H24NO7PS.C11H14NO3P.C9H11IO4S.C4H8O/c1-3-28-29(2,23)20-14-17(13-18(15-22)21-20)6-5-16-7-9-19(10-8-16)27-11-4-12-30(24,25)26;1-4-9-6-10(8-13)12-11(7-9)16(3,14)15-5-2;10-8-2-4-9(5-3-8)14-6-1-7-15(11,12)13;1-2-4-5-3-1/h7-10,13-14,22H,3-4,11-12,15H2,1-2H3,(H,24,25,26);1,6-7,13H,5,8H2,2-3H3;2-5H,1,6-7H2,(H,11,12,13);1-4H2. The van der Waals surface area contributed by atoms with E-state index in [9.17, 15) is 31.1 Å². The predicted octanol–water partition coefficient (Wildman–Crippen LogP) is 6.07. The number of aliphatic hydroxyl groups is 2. The molecule has 5 rings (SSSR count). The molecule has 1 aliphatic heterocycles. The summed E-state index contributed by atoms with van der Waals surface area (Å²) in [6, 6.07) is 20.7. The van der Waals surface area contributed by atoms with Gasteiger partial charge in [0.1, 0.15) is 22.4 Å². The van der Waals surface area contributed by atoms with E-state index >= 15 is 0 Å². The van der Waals surface area contributed by atoms with Gasteiger partial charge in [-0.25, -0.2) is 9.97 Å². The zero-order valence-corrected chi connectivity index (χ0v) is 42.7. The summed E-state index contributed by atoms with van der Waals surface area (Å²) in [4.78, 5) is 8.24. The first kappa shape index (κ1) is 58.4. The normalized spacial score (nSPS) is 13.8. The number of halogens is 1. The summed E-state index contributed by atoms with van der Waals surface area (Å²) >= 11 is 2.18. The van der Waals surface area contributed by atoms with Gasteiger partial charge in [-0.1, -0.05) is 17.8 Å². The molecular formula is C44H57IN2O15P2S2. The zero-order chi connectivity index (χ0) is 49.2. The number of hydrogen-bond acceptors (Lipinski definition) is 15. The number of hydrogen-bond donors (Lipinski definition) is 4. The lowest BCUT2D eigenvalue weighted by molar-refractivity contribution is 0.198. The van der Waals surface area contributed by atoms with Crippen molar-refractivity contribution < 1.29 is 68.5 Å². The molecule has 4 aromatic rings. The van der Waals surface area contributed by atoms with E-state index in [-0.39, 0.29) is 62.8 Å². The van der Waals surface area contributed by atoms with Crippen molar-refractivity contribution in [2.45, 2.75) is 52.7 Å². The summed E-state index contributed by atoms with van der Waals surface area (Å²) in [6.45, 7) is 8.97. The first-order valence-electron chi connectivity index (χ1n) is 20.4. The number of aromatic nitrogens is 2. The molecule has 17 nitrogen and oxygen atoms in total. The molecule has 22 heteroatoms. The number of terminal acetylenes is 1. The summed E-state index contributed by atoms with van der Waals surface area (Å²) < 4.78 is 111. The molecule has 0 spiro atoms. The molecule has 362 valence electrons. The fraction of sp³-hybridized carbons (Fsp3) is 0.409. The summed E-state index contributed by atoms with van der Waals surface area (Å²) in [7, 11) is -13.9. The molecule has 4 N–H and O–H groups in total. The van der Waals surface area contributed by atoms with E-state index < -0.39 is 35.0 Å². The van der Waals surface area contributed by atoms with Crippen LogP contribution >= 0.6 is 37.3 Å². The Morgan fingerprint density at radius 2 is 1.09 bits per heavy atom. The number of rotatable bonds is 18. The fourth-order valence-electron chi connectivity index (χ4n) is 5.19. The first-order chi connectivity index (χ1) is 31.1. The second-order valence-electron chi connectivity index (χ2n) is 13.9. The van der Waals surface area contributed by atoms with Gasteiger partial charge in [0.15, 0.2) is 0 Å². The van der Waals surface area contributed by atoms with Crippen LogP contribution in [0.5, 0.6) is 11.5 Å². The van der Waals surface area contributed by atoms with Crippen LogP contribution in [0.3, 0.4) is 0 Å². The number of nitrogens with zero attached hydrogens (tertiary/aromatic N) is 2. The van der Waals surface area contributed by atoms with Crippen molar-refractivity contribution in [3.05, 3.63) is 104 Å². The second kappa shape index (κ2) is 29.9. The minimum atomic E-state index is -3.98. The summed E-state index contributed by atoms with van der Waals surface area (Å²) in [5.74, 6) is 9.00. The average Bonchev–Trinajstić information content (AvgIpc) is 3.87. The van der Waals surface area contributed by atoms with E-state index in [0.29, 0.717) is 51.6 Å². The molecule has 0 aliphatic carbocycles. The summed E-state index contributed by atoms with van der Waals surface area (Å²) in [5.41, 5.74) is 3.10. The minimum Gasteiger partial charge on any atom is -0.494 e. The topological polar surface area (TPSA) is 255 Å². The van der Waals surface area contributed by atoms with Crippen LogP contribution in [0.1, 0.15) is 67.6 Å². The van der Waals surface area contributed by atoms with Gasteiger partial charge in [-0.15, -0.1) is 6.42 Å². The third-order valence-corrected chi connectivity index (χ3v) is 14.2. The minimum absolute atomic E-state index is 0.158. The quantitative estimate of drug-likeness (QED) is 0.0290. The molecule has 0 radical (unpaired) electrons. The van der Waals surface area contributed by atoms with Crippen molar-refractivity contribution in [2.75, 3.05) is 64.5 Å². The molecule has 0 amide bonds. The highest BCUT2D eigenvalue weighted by atomic mass is 127. The smallest absolute Gasteiger partial charge is 0.264 e. The van der Waals surface area contributed by atoms with Crippen molar-refractivity contribution in [2.24, 2.45) is 0 Å². The summed E-state index contributed by atoms with van der Waals surface area (Å²) in [6.07, 6.45) is 8.29. The number of ether oxygens (including phenoxy) is 3. The van der Waals surface area contributed by atoms with Crippen LogP contribution in [0.4, 0.5) is 0 Å². The van der Waals surface area contributed by atoms with Crippen LogP contribution in [-0.2, 0) is 56.4 Å². The fourth-order valence-corrected chi connectivity index (χ4v) is 9.13. The number of pyridine rings is 2. The maximum absolute atomic E-state index is 12.6. The highest BCUT2D eigenvalue weighted by molar-refractivity contribution is 14.1. The van der Waals surface area contributed by atoms with Gasteiger partial charge in [0, 0.05) is 46.8 Å². The number of aliphatic hydroxyl groups excluding tert-OH is 2. The van der Waals surface area contributed by atoms with Gasteiger partial charge in [-0.05, 0) is 135 Å². The van der Waals surface area contributed by atoms with Crippen molar-refractivity contribution >= 4 is 68.4 Å². The van der Waals surface area contributed by atoms with Gasteiger partial charge in [0.2, 0.25) is 14.7 Å². The molecule has 0 saturated carbocycles. The summed E-state index contributed by atoms with van der Waals surface area (Å²) in [5, 5.41) is 18.4. The molecule has 0 bridgehead atoms. The highest BCUT2D eigenvalue weighted by Crippen LogP contribution is 2.41. The molecule has 1 fully saturated rings. The maximum atomic E-state index is 12.6. The Bertz CT molecular complexity index is 2540. The maximum Gasteiger partial charge on any atom is 0.264 e. The molecule has 2 aromatic heterocycles. The Morgan fingerprint density at radius 1 is 0.682 bits per heavy atom. The second-order valence-corrected chi connectivity index (χ2v) is 23.1. The van der Waals surface area contributed by atoms with Crippen LogP contribution in [-0.4, -0.2) is 111 Å². The molecule has 1 aliphatic rings. The van der Waals surface area contributed by atoms with Crippen LogP contribution in [0.2, 0.25) is 0 Å². The third kappa shape index (κ3) is 24.9. The molecule has 2 aromatic carbocycles. The average molecular weight is 1110 g/mol. The van der Waals surface area contributed by atoms with Crippen LogP contribution in [0, 0.1) is 27.8 Å². The predicted molar refractivity (Wildman–Crippen MR) is 263 cm³/mol. The van der Waals surface area contributed by atoms with Gasteiger partial charge in [0.25, 0.3) is 20.2 Å². The Hall–Kier alpha value is -3.73. The lowest BCUT2D eigenvalue weighted by atomic mass is 10.2. The molecule has 2 atom stereocenters.